The van der Waals surface area contributed by atoms with E-state index in [2.05, 4.69) is 22.3 Å². The quantitative estimate of drug-likeness (QED) is 0.786. The van der Waals surface area contributed by atoms with Crippen molar-refractivity contribution in [2.45, 2.75) is 25.8 Å². The zero-order valence-corrected chi connectivity index (χ0v) is 9.48. The highest BCUT2D eigenvalue weighted by Gasteiger charge is 2.09. The monoisotopic (exact) mass is 218 g/mol. The minimum Gasteiger partial charge on any atom is -0.329 e. The topological polar surface area (TPSA) is 32.3 Å². The maximum absolute atomic E-state index is 10.3. The molecule has 3 nitrogen and oxygen atoms in total. The predicted octanol–water partition coefficient (Wildman–Crippen LogP) is 2.24. The van der Waals surface area contributed by atoms with Crippen LogP contribution in [0.2, 0.25) is 0 Å². The van der Waals surface area contributed by atoms with E-state index in [-0.39, 0.29) is 0 Å². The first kappa shape index (κ1) is 11.1. The molecule has 16 heavy (non-hydrogen) atoms. The van der Waals surface area contributed by atoms with E-state index in [4.69, 9.17) is 0 Å². The molecule has 1 aliphatic heterocycles. The number of hydrogen-bond donors (Lipinski definition) is 1. The summed E-state index contributed by atoms with van der Waals surface area (Å²) in [4.78, 5) is 12.7. The SMILES string of the molecule is O=CNc1ccc(CN2CCCCC2)cc1. The second-order valence-electron chi connectivity index (χ2n) is 4.30. The molecule has 0 aliphatic carbocycles. The molecule has 1 aromatic rings. The molecule has 0 spiro atoms. The average Bonchev–Trinajstić information content (AvgIpc) is 2.33. The maximum Gasteiger partial charge on any atom is 0.211 e. The van der Waals surface area contributed by atoms with Gasteiger partial charge in [0.2, 0.25) is 6.41 Å². The van der Waals surface area contributed by atoms with E-state index < -0.39 is 0 Å². The zero-order valence-electron chi connectivity index (χ0n) is 9.48. The molecular formula is C13H18N2O. The smallest absolute Gasteiger partial charge is 0.211 e. The molecule has 2 rings (SSSR count). The number of carbonyl (C=O) groups excluding carboxylic acids is 1. The number of anilines is 1. The van der Waals surface area contributed by atoms with E-state index in [1.165, 1.54) is 37.9 Å². The van der Waals surface area contributed by atoms with Gasteiger partial charge in [-0.1, -0.05) is 18.6 Å². The largest absolute Gasteiger partial charge is 0.329 e. The molecule has 86 valence electrons. The number of nitrogens with zero attached hydrogens (tertiary/aromatic N) is 1. The van der Waals surface area contributed by atoms with Gasteiger partial charge in [-0.15, -0.1) is 0 Å². The lowest BCUT2D eigenvalue weighted by molar-refractivity contribution is -0.105. The summed E-state index contributed by atoms with van der Waals surface area (Å²) >= 11 is 0. The summed E-state index contributed by atoms with van der Waals surface area (Å²) in [7, 11) is 0. The molecule has 1 aliphatic rings. The highest BCUT2D eigenvalue weighted by molar-refractivity contribution is 5.70. The summed E-state index contributed by atoms with van der Waals surface area (Å²) in [6, 6.07) is 8.07. The van der Waals surface area contributed by atoms with Crippen molar-refractivity contribution in [3.05, 3.63) is 29.8 Å². The van der Waals surface area contributed by atoms with Crippen LogP contribution < -0.4 is 5.32 Å². The molecule has 0 bridgehead atoms. The average molecular weight is 218 g/mol. The van der Waals surface area contributed by atoms with Crippen LogP contribution in [0.3, 0.4) is 0 Å². The fourth-order valence-electron chi connectivity index (χ4n) is 2.15. The van der Waals surface area contributed by atoms with Gasteiger partial charge in [0.15, 0.2) is 0 Å². The molecule has 1 amide bonds. The normalized spacial score (nSPS) is 17.0. The van der Waals surface area contributed by atoms with Crippen LogP contribution in [0.5, 0.6) is 0 Å². The zero-order chi connectivity index (χ0) is 11.2. The van der Waals surface area contributed by atoms with Gasteiger partial charge in [-0.05, 0) is 43.6 Å². The Kier molecular flexibility index (Phi) is 3.94. The van der Waals surface area contributed by atoms with E-state index in [1.54, 1.807) is 0 Å². The van der Waals surface area contributed by atoms with E-state index in [1.807, 2.05) is 12.1 Å². The molecule has 1 saturated heterocycles. The van der Waals surface area contributed by atoms with Gasteiger partial charge < -0.3 is 5.32 Å². The van der Waals surface area contributed by atoms with Gasteiger partial charge in [-0.3, -0.25) is 9.69 Å². The minimum atomic E-state index is 0.708. The van der Waals surface area contributed by atoms with Crippen LogP contribution in [0.25, 0.3) is 0 Å². The Morgan fingerprint density at radius 1 is 1.12 bits per heavy atom. The van der Waals surface area contributed by atoms with Gasteiger partial charge in [0.1, 0.15) is 0 Å². The molecule has 0 saturated carbocycles. The lowest BCUT2D eigenvalue weighted by Gasteiger charge is -2.26. The van der Waals surface area contributed by atoms with Crippen molar-refractivity contribution in [3.8, 4) is 0 Å². The molecule has 1 aromatic carbocycles. The Morgan fingerprint density at radius 2 is 1.81 bits per heavy atom. The number of amides is 1. The second kappa shape index (κ2) is 5.66. The van der Waals surface area contributed by atoms with Crippen LogP contribution in [-0.2, 0) is 11.3 Å². The van der Waals surface area contributed by atoms with Gasteiger partial charge in [-0.25, -0.2) is 0 Å². The summed E-state index contributed by atoms with van der Waals surface area (Å²) in [6.07, 6.45) is 4.73. The van der Waals surface area contributed by atoms with E-state index in [0.29, 0.717) is 6.41 Å². The Bertz CT molecular complexity index is 328. The number of likely N-dealkylation sites (tertiary alicyclic amines) is 1. The van der Waals surface area contributed by atoms with Crippen molar-refractivity contribution in [3.63, 3.8) is 0 Å². The van der Waals surface area contributed by atoms with Crippen LogP contribution in [0.4, 0.5) is 5.69 Å². The first-order valence-electron chi connectivity index (χ1n) is 5.90. The Labute approximate surface area is 96.5 Å². The first-order chi connectivity index (χ1) is 7.88. The summed E-state index contributed by atoms with van der Waals surface area (Å²) in [5.41, 5.74) is 2.18. The van der Waals surface area contributed by atoms with Crippen molar-refractivity contribution in [1.29, 1.82) is 0 Å². The lowest BCUT2D eigenvalue weighted by atomic mass is 10.1. The number of benzene rings is 1. The fraction of sp³-hybridized carbons (Fsp3) is 0.462. The van der Waals surface area contributed by atoms with Gasteiger partial charge in [0.05, 0.1) is 0 Å². The Balaban J connectivity index is 1.90. The fourth-order valence-corrected chi connectivity index (χ4v) is 2.15. The number of carbonyl (C=O) groups is 1. The molecule has 1 N–H and O–H groups in total. The lowest BCUT2D eigenvalue weighted by Crippen LogP contribution is -2.29. The number of hydrogen-bond acceptors (Lipinski definition) is 2. The Morgan fingerprint density at radius 3 is 2.44 bits per heavy atom. The maximum atomic E-state index is 10.3. The van der Waals surface area contributed by atoms with Crippen LogP contribution in [0.1, 0.15) is 24.8 Å². The van der Waals surface area contributed by atoms with E-state index >= 15 is 0 Å². The Hall–Kier alpha value is -1.35. The standard InChI is InChI=1S/C13H18N2O/c16-11-14-13-6-4-12(5-7-13)10-15-8-2-1-3-9-15/h4-7,11H,1-3,8-10H2,(H,14,16). The van der Waals surface area contributed by atoms with Gasteiger partial charge in [0, 0.05) is 12.2 Å². The van der Waals surface area contributed by atoms with Gasteiger partial charge >= 0.3 is 0 Å². The van der Waals surface area contributed by atoms with Gasteiger partial charge in [-0.2, -0.15) is 0 Å². The molecule has 1 fully saturated rings. The van der Waals surface area contributed by atoms with Crippen molar-refractivity contribution in [2.75, 3.05) is 18.4 Å². The predicted molar refractivity (Wildman–Crippen MR) is 65.3 cm³/mol. The van der Waals surface area contributed by atoms with Crippen molar-refractivity contribution in [1.82, 2.24) is 4.90 Å². The summed E-state index contributed by atoms with van der Waals surface area (Å²) in [5, 5.41) is 2.64. The molecular weight excluding hydrogens is 200 g/mol. The van der Waals surface area contributed by atoms with Gasteiger partial charge in [0.25, 0.3) is 0 Å². The van der Waals surface area contributed by atoms with Crippen molar-refractivity contribution >= 4 is 12.1 Å². The first-order valence-corrected chi connectivity index (χ1v) is 5.90. The van der Waals surface area contributed by atoms with Crippen LogP contribution in [0.15, 0.2) is 24.3 Å². The third-order valence-corrected chi connectivity index (χ3v) is 3.03. The molecule has 0 aromatic heterocycles. The third kappa shape index (κ3) is 3.07. The third-order valence-electron chi connectivity index (χ3n) is 3.03. The van der Waals surface area contributed by atoms with Crippen molar-refractivity contribution in [2.24, 2.45) is 0 Å². The second-order valence-corrected chi connectivity index (χ2v) is 4.30. The van der Waals surface area contributed by atoms with Crippen LogP contribution in [0, 0.1) is 0 Å². The molecule has 0 unspecified atom stereocenters. The van der Waals surface area contributed by atoms with E-state index in [0.717, 1.165) is 12.2 Å². The van der Waals surface area contributed by atoms with Crippen molar-refractivity contribution < 1.29 is 4.79 Å². The summed E-state index contributed by atoms with van der Waals surface area (Å²) in [5.74, 6) is 0. The van der Waals surface area contributed by atoms with Crippen LogP contribution >= 0.6 is 0 Å². The highest BCUT2D eigenvalue weighted by Crippen LogP contribution is 2.14. The van der Waals surface area contributed by atoms with Crippen LogP contribution in [-0.4, -0.2) is 24.4 Å². The highest BCUT2D eigenvalue weighted by atomic mass is 16.1. The molecule has 0 radical (unpaired) electrons. The minimum absolute atomic E-state index is 0.708. The van der Waals surface area contributed by atoms with E-state index in [9.17, 15) is 4.79 Å². The number of nitrogens with one attached hydrogen (secondary N) is 1. The summed E-state index contributed by atoms with van der Waals surface area (Å²) in [6.45, 7) is 3.46. The molecule has 0 atom stereocenters. The number of piperidine rings is 1. The number of rotatable bonds is 4. The molecule has 3 heteroatoms. The summed E-state index contributed by atoms with van der Waals surface area (Å²) < 4.78 is 0. The molecule has 1 heterocycles.